The summed E-state index contributed by atoms with van der Waals surface area (Å²) < 4.78 is 0. The Bertz CT molecular complexity index is 839. The average molecular weight is 337 g/mol. The van der Waals surface area contributed by atoms with Crippen LogP contribution in [0.15, 0.2) is 48.5 Å². The Morgan fingerprint density at radius 2 is 1.48 bits per heavy atom. The zero-order valence-electron chi connectivity index (χ0n) is 13.2. The number of benzene rings is 2. The van der Waals surface area contributed by atoms with Crippen LogP contribution in [0.3, 0.4) is 0 Å². The Labute approximate surface area is 143 Å². The number of imide groups is 1. The van der Waals surface area contributed by atoms with Crippen LogP contribution in [0.5, 0.6) is 0 Å². The number of rotatable bonds is 5. The number of anilines is 1. The highest BCUT2D eigenvalue weighted by Crippen LogP contribution is 2.22. The van der Waals surface area contributed by atoms with Crippen LogP contribution in [0.25, 0.3) is 0 Å². The lowest BCUT2D eigenvalue weighted by molar-refractivity contribution is -0.117. The largest absolute Gasteiger partial charge is 0.369 e. The molecule has 0 saturated carbocycles. The van der Waals surface area contributed by atoms with Crippen molar-refractivity contribution in [3.8, 4) is 0 Å². The second kappa shape index (κ2) is 6.56. The Hall–Kier alpha value is -3.48. The molecule has 2 aromatic rings. The van der Waals surface area contributed by atoms with Gasteiger partial charge >= 0.3 is 0 Å². The van der Waals surface area contributed by atoms with Crippen LogP contribution >= 0.6 is 0 Å². The maximum atomic E-state index is 12.2. The molecule has 0 aromatic heterocycles. The van der Waals surface area contributed by atoms with Crippen molar-refractivity contribution >= 4 is 29.3 Å². The van der Waals surface area contributed by atoms with Crippen LogP contribution in [0.4, 0.5) is 5.69 Å². The molecule has 0 unspecified atom stereocenters. The molecule has 1 aliphatic heterocycles. The quantitative estimate of drug-likeness (QED) is 0.792. The molecule has 4 amide bonds. The molecule has 0 radical (unpaired) electrons. The van der Waals surface area contributed by atoms with Gasteiger partial charge in [-0.05, 0) is 29.8 Å². The molecule has 0 aliphatic carbocycles. The predicted octanol–water partition coefficient (Wildman–Crippen LogP) is 0.949. The van der Waals surface area contributed by atoms with E-state index in [9.17, 15) is 19.2 Å². The minimum absolute atomic E-state index is 0.114. The highest BCUT2D eigenvalue weighted by atomic mass is 16.2. The predicted molar refractivity (Wildman–Crippen MR) is 89.8 cm³/mol. The van der Waals surface area contributed by atoms with Crippen LogP contribution in [-0.4, -0.2) is 35.1 Å². The van der Waals surface area contributed by atoms with Crippen molar-refractivity contribution in [2.45, 2.75) is 6.42 Å². The van der Waals surface area contributed by atoms with E-state index in [0.717, 1.165) is 10.5 Å². The first-order valence-electron chi connectivity index (χ1n) is 7.58. The lowest BCUT2D eigenvalue weighted by atomic mass is 10.1. The van der Waals surface area contributed by atoms with Crippen molar-refractivity contribution in [2.75, 3.05) is 11.9 Å². The summed E-state index contributed by atoms with van der Waals surface area (Å²) in [7, 11) is 0. The molecule has 2 aromatic carbocycles. The van der Waals surface area contributed by atoms with Gasteiger partial charge in [-0.1, -0.05) is 24.3 Å². The van der Waals surface area contributed by atoms with Gasteiger partial charge in [0.1, 0.15) is 6.54 Å². The first kappa shape index (κ1) is 16.4. The van der Waals surface area contributed by atoms with E-state index in [1.165, 1.54) is 0 Å². The zero-order valence-corrected chi connectivity index (χ0v) is 13.2. The third kappa shape index (κ3) is 3.40. The van der Waals surface area contributed by atoms with E-state index in [-0.39, 0.29) is 13.0 Å². The lowest BCUT2D eigenvalue weighted by Crippen LogP contribution is -2.37. The van der Waals surface area contributed by atoms with Crippen molar-refractivity contribution in [1.29, 1.82) is 0 Å². The monoisotopic (exact) mass is 337 g/mol. The number of primary amides is 1. The topological polar surface area (TPSA) is 110 Å². The first-order chi connectivity index (χ1) is 12.0. The number of carbonyl (C=O) groups excluding carboxylic acids is 4. The summed E-state index contributed by atoms with van der Waals surface area (Å²) >= 11 is 0. The molecule has 3 rings (SSSR count). The summed E-state index contributed by atoms with van der Waals surface area (Å²) in [6.45, 7) is -0.366. The van der Waals surface area contributed by atoms with Crippen LogP contribution in [0.1, 0.15) is 26.3 Å². The number of carbonyl (C=O) groups is 4. The van der Waals surface area contributed by atoms with E-state index in [0.29, 0.717) is 16.8 Å². The first-order valence-corrected chi connectivity index (χ1v) is 7.58. The maximum Gasteiger partial charge on any atom is 0.262 e. The second-order valence-corrected chi connectivity index (χ2v) is 5.63. The lowest BCUT2D eigenvalue weighted by Gasteiger charge is -2.13. The Kier molecular flexibility index (Phi) is 4.30. The number of amides is 4. The van der Waals surface area contributed by atoms with Gasteiger partial charge in [-0.2, -0.15) is 0 Å². The number of nitrogens with two attached hydrogens (primary N) is 1. The van der Waals surface area contributed by atoms with Gasteiger partial charge in [-0.25, -0.2) is 0 Å². The molecule has 7 nitrogen and oxygen atoms in total. The summed E-state index contributed by atoms with van der Waals surface area (Å²) in [5.41, 5.74) is 6.95. The zero-order chi connectivity index (χ0) is 18.0. The van der Waals surface area contributed by atoms with E-state index in [4.69, 9.17) is 5.73 Å². The van der Waals surface area contributed by atoms with E-state index < -0.39 is 23.6 Å². The third-order valence-electron chi connectivity index (χ3n) is 3.80. The summed E-state index contributed by atoms with van der Waals surface area (Å²) in [5, 5.41) is 2.62. The SMILES string of the molecule is NC(=O)Cc1ccc(NC(=O)CN2C(=O)c3ccccc3C2=O)cc1. The average Bonchev–Trinajstić information content (AvgIpc) is 2.82. The van der Waals surface area contributed by atoms with Gasteiger partial charge in [0.2, 0.25) is 11.8 Å². The van der Waals surface area contributed by atoms with Crippen molar-refractivity contribution in [1.82, 2.24) is 4.90 Å². The molecule has 0 fully saturated rings. The molecule has 3 N–H and O–H groups in total. The maximum absolute atomic E-state index is 12.2. The Morgan fingerprint density at radius 3 is 2.00 bits per heavy atom. The van der Waals surface area contributed by atoms with Gasteiger partial charge in [0.15, 0.2) is 0 Å². The fourth-order valence-corrected chi connectivity index (χ4v) is 2.63. The second-order valence-electron chi connectivity index (χ2n) is 5.63. The fraction of sp³-hybridized carbons (Fsp3) is 0.111. The van der Waals surface area contributed by atoms with Crippen molar-refractivity contribution in [2.24, 2.45) is 5.73 Å². The third-order valence-corrected chi connectivity index (χ3v) is 3.80. The smallest absolute Gasteiger partial charge is 0.262 e. The fourth-order valence-electron chi connectivity index (χ4n) is 2.63. The summed E-state index contributed by atoms with van der Waals surface area (Å²) in [4.78, 5) is 48.4. The molecular weight excluding hydrogens is 322 g/mol. The van der Waals surface area contributed by atoms with Gasteiger partial charge in [0, 0.05) is 5.69 Å². The molecular formula is C18H15N3O4. The van der Waals surface area contributed by atoms with Gasteiger partial charge in [-0.15, -0.1) is 0 Å². The Morgan fingerprint density at radius 1 is 0.920 bits per heavy atom. The van der Waals surface area contributed by atoms with Gasteiger partial charge < -0.3 is 11.1 Å². The molecule has 0 saturated heterocycles. The molecule has 126 valence electrons. The van der Waals surface area contributed by atoms with Crippen LogP contribution < -0.4 is 11.1 Å². The van der Waals surface area contributed by atoms with Crippen LogP contribution in [0.2, 0.25) is 0 Å². The minimum Gasteiger partial charge on any atom is -0.369 e. The number of nitrogens with zero attached hydrogens (tertiary/aromatic N) is 1. The van der Waals surface area contributed by atoms with Gasteiger partial charge in [0.05, 0.1) is 17.5 Å². The number of hydrogen-bond acceptors (Lipinski definition) is 4. The highest BCUT2D eigenvalue weighted by molar-refractivity contribution is 6.22. The molecule has 0 spiro atoms. The van der Waals surface area contributed by atoms with Gasteiger partial charge in [-0.3, -0.25) is 24.1 Å². The molecule has 25 heavy (non-hydrogen) atoms. The number of fused-ring (bicyclic) bond motifs is 1. The minimum atomic E-state index is -0.489. The van der Waals surface area contributed by atoms with Crippen molar-refractivity contribution in [3.05, 3.63) is 65.2 Å². The van der Waals surface area contributed by atoms with Crippen molar-refractivity contribution < 1.29 is 19.2 Å². The van der Waals surface area contributed by atoms with Gasteiger partial charge in [0.25, 0.3) is 11.8 Å². The number of hydrogen-bond donors (Lipinski definition) is 2. The standard InChI is InChI=1S/C18H15N3O4/c19-15(22)9-11-5-7-12(8-6-11)20-16(23)10-21-17(24)13-3-1-2-4-14(13)18(21)25/h1-8H,9-10H2,(H2,19,22)(H,20,23). The van der Waals surface area contributed by atoms with Crippen LogP contribution in [-0.2, 0) is 16.0 Å². The van der Waals surface area contributed by atoms with Crippen molar-refractivity contribution in [3.63, 3.8) is 0 Å². The van der Waals surface area contributed by atoms with E-state index in [1.807, 2.05) is 0 Å². The normalized spacial score (nSPS) is 12.9. The number of nitrogens with one attached hydrogen (secondary N) is 1. The summed E-state index contributed by atoms with van der Waals surface area (Å²) in [6.07, 6.45) is 0.114. The molecule has 1 aliphatic rings. The van der Waals surface area contributed by atoms with E-state index in [1.54, 1.807) is 48.5 Å². The van der Waals surface area contributed by atoms with Crippen LogP contribution in [0, 0.1) is 0 Å². The molecule has 7 heteroatoms. The molecule has 1 heterocycles. The Balaban J connectivity index is 1.65. The van der Waals surface area contributed by atoms with E-state index in [2.05, 4.69) is 5.32 Å². The molecule has 0 bridgehead atoms. The highest BCUT2D eigenvalue weighted by Gasteiger charge is 2.36. The summed E-state index contributed by atoms with van der Waals surface area (Å²) in [5.74, 6) is -1.89. The summed E-state index contributed by atoms with van der Waals surface area (Å²) in [6, 6.07) is 13.0. The van der Waals surface area contributed by atoms with E-state index >= 15 is 0 Å². The molecule has 0 atom stereocenters.